The highest BCUT2D eigenvalue weighted by Gasteiger charge is 2.30. The first-order valence-electron chi connectivity index (χ1n) is 4.51. The van der Waals surface area contributed by atoms with Crippen LogP contribution in [0, 0.1) is 0 Å². The largest absolute Gasteiger partial charge is 0.508 e. The van der Waals surface area contributed by atoms with Crippen LogP contribution in [0.3, 0.4) is 0 Å². The van der Waals surface area contributed by atoms with Crippen LogP contribution in [-0.2, 0) is 4.79 Å². The number of anilines is 1. The van der Waals surface area contributed by atoms with E-state index in [0.29, 0.717) is 23.7 Å². The molecule has 0 radical (unpaired) electrons. The molecule has 1 aromatic carbocycles. The Morgan fingerprint density at radius 1 is 1.47 bits per heavy atom. The third-order valence-corrected chi connectivity index (χ3v) is 2.89. The summed E-state index contributed by atoms with van der Waals surface area (Å²) in [6, 6.07) is 4.52. The maximum atomic E-state index is 11.5. The van der Waals surface area contributed by atoms with Gasteiger partial charge in [0, 0.05) is 19.0 Å². The minimum atomic E-state index is -0.164. The fourth-order valence-corrected chi connectivity index (χ4v) is 2.16. The number of phenols is 1. The number of aromatic hydroxyl groups is 1. The molecule has 1 aliphatic heterocycles. The van der Waals surface area contributed by atoms with Gasteiger partial charge < -0.3 is 10.0 Å². The van der Waals surface area contributed by atoms with Crippen LogP contribution in [-0.4, -0.2) is 22.9 Å². The molecule has 0 spiro atoms. The first kappa shape index (κ1) is 10.6. The fourth-order valence-electron chi connectivity index (χ4n) is 1.61. The van der Waals surface area contributed by atoms with Crippen LogP contribution in [0.15, 0.2) is 18.2 Å². The van der Waals surface area contributed by atoms with Crippen molar-refractivity contribution in [2.45, 2.75) is 11.8 Å². The van der Waals surface area contributed by atoms with Gasteiger partial charge >= 0.3 is 0 Å². The summed E-state index contributed by atoms with van der Waals surface area (Å²) >= 11 is 11.8. The molecule has 0 aliphatic carbocycles. The number of nitrogens with zero attached hydrogens (tertiary/aromatic N) is 1. The van der Waals surface area contributed by atoms with Crippen LogP contribution >= 0.6 is 23.2 Å². The Bertz CT molecular complexity index is 408. The standard InChI is InChI=1S/C10H9Cl2NO2/c11-6-3-10(15)13(5-6)9-2-1-7(14)4-8(9)12/h1-2,4,6,14H,3,5H2. The molecule has 0 bridgehead atoms. The van der Waals surface area contributed by atoms with E-state index in [1.807, 2.05) is 0 Å². The summed E-state index contributed by atoms with van der Waals surface area (Å²) in [5.41, 5.74) is 0.600. The number of rotatable bonds is 1. The maximum Gasteiger partial charge on any atom is 0.228 e. The lowest BCUT2D eigenvalue weighted by molar-refractivity contribution is -0.117. The van der Waals surface area contributed by atoms with Gasteiger partial charge in [0.1, 0.15) is 5.75 Å². The van der Waals surface area contributed by atoms with Gasteiger partial charge in [0.15, 0.2) is 0 Å². The molecule has 1 aromatic rings. The molecule has 1 fully saturated rings. The number of carbonyl (C=O) groups is 1. The normalized spacial score (nSPS) is 21.1. The van der Waals surface area contributed by atoms with Gasteiger partial charge in [0.05, 0.1) is 16.1 Å². The van der Waals surface area contributed by atoms with Crippen molar-refractivity contribution in [1.29, 1.82) is 0 Å². The SMILES string of the molecule is O=C1CC(Cl)CN1c1ccc(O)cc1Cl. The lowest BCUT2D eigenvalue weighted by Gasteiger charge is -2.17. The van der Waals surface area contributed by atoms with Crippen LogP contribution in [0.4, 0.5) is 5.69 Å². The average molecular weight is 246 g/mol. The summed E-state index contributed by atoms with van der Waals surface area (Å²) in [6.45, 7) is 0.463. The van der Waals surface area contributed by atoms with Gasteiger partial charge in [0.2, 0.25) is 5.91 Å². The molecule has 1 aliphatic rings. The number of phenolic OH excluding ortho intramolecular Hbond substituents is 1. The second-order valence-corrected chi connectivity index (χ2v) is 4.47. The Kier molecular flexibility index (Phi) is 2.76. The van der Waals surface area contributed by atoms with E-state index in [2.05, 4.69) is 0 Å². The first-order valence-corrected chi connectivity index (χ1v) is 5.32. The number of hydrogen-bond acceptors (Lipinski definition) is 2. The Balaban J connectivity index is 2.34. The summed E-state index contributed by atoms with van der Waals surface area (Å²) in [5, 5.41) is 9.38. The van der Waals surface area contributed by atoms with Crippen LogP contribution in [0.1, 0.15) is 6.42 Å². The lowest BCUT2D eigenvalue weighted by Crippen LogP contribution is -2.24. The topological polar surface area (TPSA) is 40.5 Å². The second-order valence-electron chi connectivity index (χ2n) is 3.44. The summed E-state index contributed by atoms with van der Waals surface area (Å²) < 4.78 is 0. The van der Waals surface area contributed by atoms with Crippen molar-refractivity contribution in [3.63, 3.8) is 0 Å². The van der Waals surface area contributed by atoms with Gasteiger partial charge in [-0.05, 0) is 12.1 Å². The molecule has 1 unspecified atom stereocenters. The highest BCUT2D eigenvalue weighted by molar-refractivity contribution is 6.34. The molecule has 15 heavy (non-hydrogen) atoms. The number of benzene rings is 1. The Labute approximate surface area is 97.2 Å². The zero-order valence-electron chi connectivity index (χ0n) is 7.78. The summed E-state index contributed by atoms with van der Waals surface area (Å²) in [5.74, 6) is 0.0420. The van der Waals surface area contributed by atoms with Gasteiger partial charge in [-0.15, -0.1) is 11.6 Å². The molecule has 1 heterocycles. The molecule has 0 aromatic heterocycles. The zero-order chi connectivity index (χ0) is 11.0. The van der Waals surface area contributed by atoms with Crippen molar-refractivity contribution >= 4 is 34.8 Å². The van der Waals surface area contributed by atoms with E-state index < -0.39 is 0 Å². The number of halogens is 2. The Morgan fingerprint density at radius 3 is 2.73 bits per heavy atom. The smallest absolute Gasteiger partial charge is 0.228 e. The minimum Gasteiger partial charge on any atom is -0.508 e. The predicted molar refractivity (Wildman–Crippen MR) is 59.7 cm³/mol. The molecule has 3 nitrogen and oxygen atoms in total. The highest BCUT2D eigenvalue weighted by Crippen LogP contribution is 2.32. The molecule has 1 atom stereocenters. The molecule has 1 N–H and O–H groups in total. The van der Waals surface area contributed by atoms with Crippen LogP contribution < -0.4 is 4.90 Å². The van der Waals surface area contributed by atoms with Gasteiger partial charge in [-0.25, -0.2) is 0 Å². The van der Waals surface area contributed by atoms with Crippen molar-refractivity contribution in [2.24, 2.45) is 0 Å². The number of amides is 1. The van der Waals surface area contributed by atoms with Crippen molar-refractivity contribution < 1.29 is 9.90 Å². The Morgan fingerprint density at radius 2 is 2.20 bits per heavy atom. The predicted octanol–water partition coefficient (Wildman–Crippen LogP) is 2.39. The number of alkyl halides is 1. The Hall–Kier alpha value is -0.930. The molecule has 0 saturated carbocycles. The summed E-state index contributed by atoms with van der Waals surface area (Å²) in [4.78, 5) is 13.1. The zero-order valence-corrected chi connectivity index (χ0v) is 9.29. The van der Waals surface area contributed by atoms with Gasteiger partial charge in [-0.1, -0.05) is 11.6 Å². The van der Waals surface area contributed by atoms with Crippen molar-refractivity contribution in [2.75, 3.05) is 11.4 Å². The molecule has 5 heteroatoms. The van der Waals surface area contributed by atoms with E-state index in [9.17, 15) is 9.90 Å². The molecular weight excluding hydrogens is 237 g/mol. The van der Waals surface area contributed by atoms with Gasteiger partial charge in [-0.2, -0.15) is 0 Å². The third-order valence-electron chi connectivity index (χ3n) is 2.30. The summed E-state index contributed by atoms with van der Waals surface area (Å²) in [6.07, 6.45) is 0.332. The number of hydrogen-bond donors (Lipinski definition) is 1. The first-order chi connectivity index (χ1) is 7.08. The monoisotopic (exact) mass is 245 g/mol. The summed E-state index contributed by atoms with van der Waals surface area (Å²) in [7, 11) is 0. The van der Waals surface area contributed by atoms with Crippen LogP contribution in [0.2, 0.25) is 5.02 Å². The van der Waals surface area contributed by atoms with Crippen molar-refractivity contribution in [3.05, 3.63) is 23.2 Å². The van der Waals surface area contributed by atoms with E-state index in [4.69, 9.17) is 23.2 Å². The quantitative estimate of drug-likeness (QED) is 0.773. The fraction of sp³-hybridized carbons (Fsp3) is 0.300. The van der Waals surface area contributed by atoms with Crippen LogP contribution in [0.5, 0.6) is 5.75 Å². The molecular formula is C10H9Cl2NO2. The van der Waals surface area contributed by atoms with Crippen LogP contribution in [0.25, 0.3) is 0 Å². The second kappa shape index (κ2) is 3.91. The molecule has 80 valence electrons. The van der Waals surface area contributed by atoms with Crippen molar-refractivity contribution in [1.82, 2.24) is 0 Å². The molecule has 1 amide bonds. The molecule has 1 saturated heterocycles. The molecule has 2 rings (SSSR count). The van der Waals surface area contributed by atoms with E-state index in [0.717, 1.165) is 0 Å². The van der Waals surface area contributed by atoms with Crippen molar-refractivity contribution in [3.8, 4) is 5.75 Å². The highest BCUT2D eigenvalue weighted by atomic mass is 35.5. The third kappa shape index (κ3) is 2.03. The van der Waals surface area contributed by atoms with E-state index in [-0.39, 0.29) is 17.0 Å². The van der Waals surface area contributed by atoms with Gasteiger partial charge in [0.25, 0.3) is 0 Å². The maximum absolute atomic E-state index is 11.5. The van der Waals surface area contributed by atoms with E-state index in [1.165, 1.54) is 12.1 Å². The lowest BCUT2D eigenvalue weighted by atomic mass is 10.3. The van der Waals surface area contributed by atoms with E-state index in [1.54, 1.807) is 11.0 Å². The number of carbonyl (C=O) groups excluding carboxylic acids is 1. The van der Waals surface area contributed by atoms with E-state index >= 15 is 0 Å². The van der Waals surface area contributed by atoms with Gasteiger partial charge in [-0.3, -0.25) is 4.79 Å². The minimum absolute atomic E-state index is 0.0393. The average Bonchev–Trinajstić information content (AvgIpc) is 2.45.